The molecule has 0 aromatic carbocycles. The van der Waals surface area contributed by atoms with Crippen molar-refractivity contribution in [3.8, 4) is 11.8 Å². The van der Waals surface area contributed by atoms with Gasteiger partial charge in [-0.25, -0.2) is 0 Å². The second-order valence-corrected chi connectivity index (χ2v) is 3.83. The third kappa shape index (κ3) is 3.52. The van der Waals surface area contributed by atoms with E-state index in [0.29, 0.717) is 24.9 Å². The highest BCUT2D eigenvalue weighted by Crippen LogP contribution is 2.17. The quantitative estimate of drug-likeness (QED) is 0.754. The van der Waals surface area contributed by atoms with Crippen molar-refractivity contribution < 1.29 is 19.0 Å². The van der Waals surface area contributed by atoms with Crippen LogP contribution in [0.3, 0.4) is 0 Å². The highest BCUT2D eigenvalue weighted by atomic mass is 16.5. The molecule has 1 aliphatic heterocycles. The molecule has 0 spiro atoms. The predicted molar refractivity (Wildman–Crippen MR) is 66.4 cm³/mol. The summed E-state index contributed by atoms with van der Waals surface area (Å²) in [6.45, 7) is 1.71. The number of nitrogens with zero attached hydrogens (tertiary/aromatic N) is 2. The van der Waals surface area contributed by atoms with Gasteiger partial charge in [0.1, 0.15) is 6.10 Å². The van der Waals surface area contributed by atoms with Gasteiger partial charge >= 0.3 is 0 Å². The van der Waals surface area contributed by atoms with E-state index in [4.69, 9.17) is 14.2 Å². The Labute approximate surface area is 110 Å². The van der Waals surface area contributed by atoms with Gasteiger partial charge in [0.15, 0.2) is 0 Å². The van der Waals surface area contributed by atoms with Gasteiger partial charge in [-0.1, -0.05) is 0 Å². The monoisotopic (exact) mass is 268 g/mol. The first-order chi connectivity index (χ1) is 9.22. The van der Waals surface area contributed by atoms with E-state index in [2.05, 4.69) is 20.6 Å². The van der Waals surface area contributed by atoms with E-state index in [1.165, 1.54) is 20.3 Å². The summed E-state index contributed by atoms with van der Waals surface area (Å²) in [6.07, 6.45) is -0.547. The maximum Gasteiger partial charge on any atom is 0.257 e. The molecule has 1 amide bonds. The summed E-state index contributed by atoms with van der Waals surface area (Å²) in [5, 5.41) is 5.65. The molecule has 1 fully saturated rings. The summed E-state index contributed by atoms with van der Waals surface area (Å²) >= 11 is 0. The number of morpholine rings is 1. The average molecular weight is 268 g/mol. The summed E-state index contributed by atoms with van der Waals surface area (Å²) in [5.41, 5.74) is 0. The Morgan fingerprint density at radius 1 is 1.42 bits per heavy atom. The summed E-state index contributed by atoms with van der Waals surface area (Å²) in [4.78, 5) is 20.0. The number of carbonyl (C=O) groups excluding carboxylic acids is 1. The first kappa shape index (κ1) is 13.5. The normalized spacial score (nSPS) is 18.7. The molecule has 1 unspecified atom stereocenters. The molecule has 0 saturated carbocycles. The second-order valence-electron chi connectivity index (χ2n) is 3.83. The Morgan fingerprint density at radius 3 is 2.63 bits per heavy atom. The van der Waals surface area contributed by atoms with Crippen LogP contribution in [0.2, 0.25) is 0 Å². The molecule has 1 atom stereocenters. The molecule has 2 heterocycles. The molecular weight excluding hydrogens is 252 g/mol. The lowest BCUT2D eigenvalue weighted by molar-refractivity contribution is -0.128. The van der Waals surface area contributed by atoms with Gasteiger partial charge in [0.25, 0.3) is 5.91 Å². The molecule has 1 saturated heterocycles. The van der Waals surface area contributed by atoms with Gasteiger partial charge in [-0.15, -0.1) is 0 Å². The largest absolute Gasteiger partial charge is 0.481 e. The number of methoxy groups -OCH3 is 2. The molecule has 0 bridgehead atoms. The molecule has 1 aromatic heterocycles. The molecule has 0 aliphatic carbocycles. The Hall–Kier alpha value is -1.93. The molecule has 8 nitrogen and oxygen atoms in total. The van der Waals surface area contributed by atoms with Gasteiger partial charge < -0.3 is 19.5 Å². The first-order valence-corrected chi connectivity index (χ1v) is 5.83. The van der Waals surface area contributed by atoms with Crippen molar-refractivity contribution in [1.29, 1.82) is 0 Å². The Balaban J connectivity index is 2.06. The smallest absolute Gasteiger partial charge is 0.257 e. The number of anilines is 1. The molecule has 1 aromatic rings. The van der Waals surface area contributed by atoms with Gasteiger partial charge in [0, 0.05) is 13.1 Å². The van der Waals surface area contributed by atoms with Crippen molar-refractivity contribution in [2.24, 2.45) is 0 Å². The van der Waals surface area contributed by atoms with Crippen LogP contribution in [0, 0.1) is 0 Å². The SMILES string of the molecule is COc1cc(OC)nc(NC(=O)C2CNCCO2)n1. The second kappa shape index (κ2) is 6.30. The number of aromatic nitrogens is 2. The van der Waals surface area contributed by atoms with Gasteiger partial charge in [-0.2, -0.15) is 9.97 Å². The zero-order chi connectivity index (χ0) is 13.7. The summed E-state index contributed by atoms with van der Waals surface area (Å²) < 4.78 is 15.3. The van der Waals surface area contributed by atoms with Crippen molar-refractivity contribution in [2.75, 3.05) is 39.2 Å². The minimum Gasteiger partial charge on any atom is -0.481 e. The van der Waals surface area contributed by atoms with E-state index in [-0.39, 0.29) is 11.9 Å². The summed E-state index contributed by atoms with van der Waals surface area (Å²) in [7, 11) is 2.95. The van der Waals surface area contributed by atoms with Crippen LogP contribution in [0.1, 0.15) is 0 Å². The molecule has 8 heteroatoms. The molecule has 19 heavy (non-hydrogen) atoms. The van der Waals surface area contributed by atoms with Crippen LogP contribution in [-0.4, -0.2) is 55.9 Å². The fraction of sp³-hybridized carbons (Fsp3) is 0.545. The van der Waals surface area contributed by atoms with E-state index in [9.17, 15) is 4.79 Å². The van der Waals surface area contributed by atoms with Crippen LogP contribution < -0.4 is 20.1 Å². The topological polar surface area (TPSA) is 94.6 Å². The number of hydrogen-bond donors (Lipinski definition) is 2. The van der Waals surface area contributed by atoms with E-state index < -0.39 is 6.10 Å². The van der Waals surface area contributed by atoms with Gasteiger partial charge in [-0.3, -0.25) is 10.1 Å². The van der Waals surface area contributed by atoms with Crippen molar-refractivity contribution in [2.45, 2.75) is 6.10 Å². The number of ether oxygens (including phenoxy) is 3. The average Bonchev–Trinajstić information content (AvgIpc) is 2.47. The van der Waals surface area contributed by atoms with E-state index in [0.717, 1.165) is 6.54 Å². The molecule has 2 N–H and O–H groups in total. The lowest BCUT2D eigenvalue weighted by Gasteiger charge is -2.22. The maximum atomic E-state index is 11.9. The van der Waals surface area contributed by atoms with Gasteiger partial charge in [0.05, 0.1) is 26.9 Å². The number of nitrogens with one attached hydrogen (secondary N) is 2. The van der Waals surface area contributed by atoms with Crippen molar-refractivity contribution in [3.05, 3.63) is 6.07 Å². The first-order valence-electron chi connectivity index (χ1n) is 5.83. The Morgan fingerprint density at radius 2 is 2.11 bits per heavy atom. The fourth-order valence-corrected chi connectivity index (χ4v) is 1.59. The zero-order valence-corrected chi connectivity index (χ0v) is 10.8. The minimum absolute atomic E-state index is 0.121. The number of carbonyl (C=O) groups is 1. The third-order valence-electron chi connectivity index (χ3n) is 2.55. The van der Waals surface area contributed by atoms with E-state index >= 15 is 0 Å². The van der Waals surface area contributed by atoms with Crippen molar-refractivity contribution in [1.82, 2.24) is 15.3 Å². The Kier molecular flexibility index (Phi) is 4.48. The lowest BCUT2D eigenvalue weighted by atomic mass is 10.3. The highest BCUT2D eigenvalue weighted by Gasteiger charge is 2.22. The molecular formula is C11H16N4O4. The van der Waals surface area contributed by atoms with E-state index in [1.807, 2.05) is 0 Å². The maximum absolute atomic E-state index is 11.9. The van der Waals surface area contributed by atoms with Crippen LogP contribution in [0.4, 0.5) is 5.95 Å². The molecule has 2 rings (SSSR count). The van der Waals surface area contributed by atoms with Crippen LogP contribution in [0.5, 0.6) is 11.8 Å². The third-order valence-corrected chi connectivity index (χ3v) is 2.55. The molecule has 0 radical (unpaired) electrons. The van der Waals surface area contributed by atoms with Crippen molar-refractivity contribution >= 4 is 11.9 Å². The van der Waals surface area contributed by atoms with Crippen LogP contribution >= 0.6 is 0 Å². The van der Waals surface area contributed by atoms with Crippen LogP contribution in [0.15, 0.2) is 6.07 Å². The van der Waals surface area contributed by atoms with Crippen LogP contribution in [-0.2, 0) is 9.53 Å². The predicted octanol–water partition coefficient (Wildman–Crippen LogP) is -0.579. The van der Waals surface area contributed by atoms with Gasteiger partial charge in [0.2, 0.25) is 17.7 Å². The summed E-state index contributed by atoms with van der Waals surface area (Å²) in [6, 6.07) is 1.52. The number of rotatable bonds is 4. The molecule has 104 valence electrons. The minimum atomic E-state index is -0.547. The number of hydrogen-bond acceptors (Lipinski definition) is 7. The zero-order valence-electron chi connectivity index (χ0n) is 10.8. The van der Waals surface area contributed by atoms with Gasteiger partial charge in [-0.05, 0) is 0 Å². The summed E-state index contributed by atoms with van der Waals surface area (Å²) in [5.74, 6) is 0.438. The Bertz CT molecular complexity index is 426. The lowest BCUT2D eigenvalue weighted by Crippen LogP contribution is -2.45. The van der Waals surface area contributed by atoms with Crippen molar-refractivity contribution in [3.63, 3.8) is 0 Å². The standard InChI is InChI=1S/C11H16N4O4/c1-17-8-5-9(18-2)14-11(13-8)15-10(16)7-6-12-3-4-19-7/h5,7,12H,3-4,6H2,1-2H3,(H,13,14,15,16). The molecule has 1 aliphatic rings. The van der Waals surface area contributed by atoms with E-state index in [1.54, 1.807) is 0 Å². The van der Waals surface area contributed by atoms with Crippen LogP contribution in [0.25, 0.3) is 0 Å². The highest BCUT2D eigenvalue weighted by molar-refractivity contribution is 5.93. The fourth-order valence-electron chi connectivity index (χ4n) is 1.59. The number of amides is 1.